The molecular weight excluding hydrogens is 238 g/mol. The number of benzene rings is 1. The summed E-state index contributed by atoms with van der Waals surface area (Å²) in [6.45, 7) is 4.96. The van der Waals surface area contributed by atoms with Gasteiger partial charge in [0.15, 0.2) is 0 Å². The quantitative estimate of drug-likeness (QED) is 0.897. The molecule has 0 aliphatic carbocycles. The third-order valence-electron chi connectivity index (χ3n) is 3.28. The third-order valence-corrected chi connectivity index (χ3v) is 3.28. The van der Waals surface area contributed by atoms with Crippen LogP contribution < -0.4 is 10.1 Å². The van der Waals surface area contributed by atoms with Gasteiger partial charge in [-0.3, -0.25) is 4.68 Å². The molecule has 102 valence electrons. The second kappa shape index (κ2) is 5.89. The molecule has 0 amide bonds. The lowest BCUT2D eigenvalue weighted by Gasteiger charge is -2.15. The molecule has 1 aromatic heterocycles. The minimum atomic E-state index is 0.269. The van der Waals surface area contributed by atoms with Crippen LogP contribution >= 0.6 is 0 Å². The maximum atomic E-state index is 5.25. The zero-order valence-corrected chi connectivity index (χ0v) is 12.0. The predicted molar refractivity (Wildman–Crippen MR) is 76.2 cm³/mol. The van der Waals surface area contributed by atoms with Crippen molar-refractivity contribution in [2.24, 2.45) is 7.05 Å². The van der Waals surface area contributed by atoms with E-state index < -0.39 is 0 Å². The van der Waals surface area contributed by atoms with Gasteiger partial charge in [0.2, 0.25) is 0 Å². The highest BCUT2D eigenvalue weighted by Gasteiger charge is 2.08. The van der Waals surface area contributed by atoms with Crippen LogP contribution in [0.4, 0.5) is 0 Å². The van der Waals surface area contributed by atoms with Gasteiger partial charge in [-0.25, -0.2) is 0 Å². The highest BCUT2D eigenvalue weighted by Crippen LogP contribution is 2.19. The van der Waals surface area contributed by atoms with Crippen molar-refractivity contribution in [1.82, 2.24) is 15.1 Å². The first-order chi connectivity index (χ1) is 9.10. The predicted octanol–water partition coefficient (Wildman–Crippen LogP) is 2.59. The number of nitrogens with zero attached hydrogens (tertiary/aromatic N) is 2. The van der Waals surface area contributed by atoms with Gasteiger partial charge in [-0.15, -0.1) is 0 Å². The summed E-state index contributed by atoms with van der Waals surface area (Å²) in [4.78, 5) is 0. The maximum Gasteiger partial charge on any atom is 0.119 e. The first kappa shape index (κ1) is 13.6. The largest absolute Gasteiger partial charge is 0.497 e. The van der Waals surface area contributed by atoms with Crippen LogP contribution in [0.3, 0.4) is 0 Å². The molecule has 0 aliphatic rings. The number of rotatable bonds is 5. The Morgan fingerprint density at radius 2 is 2.16 bits per heavy atom. The number of nitrogens with one attached hydrogen (secondary N) is 1. The number of aromatic nitrogens is 2. The van der Waals surface area contributed by atoms with Crippen molar-refractivity contribution in [3.05, 3.63) is 47.3 Å². The molecule has 2 rings (SSSR count). The minimum absolute atomic E-state index is 0.269. The fraction of sp³-hybridized carbons (Fsp3) is 0.400. The normalized spacial score (nSPS) is 12.4. The van der Waals surface area contributed by atoms with Gasteiger partial charge in [-0.2, -0.15) is 5.10 Å². The summed E-state index contributed by atoms with van der Waals surface area (Å²) in [5.41, 5.74) is 3.46. The van der Waals surface area contributed by atoms with Crippen molar-refractivity contribution in [3.8, 4) is 5.75 Å². The van der Waals surface area contributed by atoms with E-state index >= 15 is 0 Å². The summed E-state index contributed by atoms with van der Waals surface area (Å²) < 4.78 is 7.17. The number of hydrogen-bond acceptors (Lipinski definition) is 3. The smallest absolute Gasteiger partial charge is 0.119 e. The summed E-state index contributed by atoms with van der Waals surface area (Å²) in [6.07, 6.45) is 0. The van der Waals surface area contributed by atoms with Crippen molar-refractivity contribution in [2.45, 2.75) is 26.4 Å². The summed E-state index contributed by atoms with van der Waals surface area (Å²) in [7, 11) is 3.66. The molecule has 0 bridgehead atoms. The monoisotopic (exact) mass is 259 g/mol. The molecule has 0 unspecified atom stereocenters. The van der Waals surface area contributed by atoms with Crippen LogP contribution in [0.1, 0.15) is 29.9 Å². The molecule has 0 fully saturated rings. The highest BCUT2D eigenvalue weighted by molar-refractivity contribution is 5.30. The summed E-state index contributed by atoms with van der Waals surface area (Å²) in [5.74, 6) is 0.891. The van der Waals surface area contributed by atoms with Gasteiger partial charge in [0.25, 0.3) is 0 Å². The van der Waals surface area contributed by atoms with Crippen LogP contribution in [0, 0.1) is 6.92 Å². The summed E-state index contributed by atoms with van der Waals surface area (Å²) >= 11 is 0. The average molecular weight is 259 g/mol. The van der Waals surface area contributed by atoms with Gasteiger partial charge in [-0.05, 0) is 37.6 Å². The van der Waals surface area contributed by atoms with Crippen molar-refractivity contribution >= 4 is 0 Å². The van der Waals surface area contributed by atoms with Crippen LogP contribution in [0.15, 0.2) is 30.3 Å². The van der Waals surface area contributed by atoms with Crippen LogP contribution in [0.5, 0.6) is 5.75 Å². The Bertz CT molecular complexity index is 548. The highest BCUT2D eigenvalue weighted by atomic mass is 16.5. The lowest BCUT2D eigenvalue weighted by molar-refractivity contribution is 0.413. The number of hydrogen-bond donors (Lipinski definition) is 1. The fourth-order valence-corrected chi connectivity index (χ4v) is 2.12. The topological polar surface area (TPSA) is 39.1 Å². The molecule has 1 heterocycles. The zero-order chi connectivity index (χ0) is 13.8. The number of methoxy groups -OCH3 is 1. The van der Waals surface area contributed by atoms with Crippen LogP contribution in [-0.4, -0.2) is 16.9 Å². The molecule has 4 nitrogen and oxygen atoms in total. The zero-order valence-electron chi connectivity index (χ0n) is 12.0. The number of ether oxygens (including phenoxy) is 1. The average Bonchev–Trinajstić information content (AvgIpc) is 2.74. The molecule has 2 aromatic rings. The first-order valence-corrected chi connectivity index (χ1v) is 6.47. The van der Waals surface area contributed by atoms with E-state index in [4.69, 9.17) is 4.74 Å². The van der Waals surface area contributed by atoms with E-state index in [1.165, 1.54) is 11.3 Å². The van der Waals surface area contributed by atoms with E-state index in [9.17, 15) is 0 Å². The molecular formula is C15H21N3O. The molecule has 0 saturated carbocycles. The van der Waals surface area contributed by atoms with E-state index in [0.717, 1.165) is 18.0 Å². The second-order valence-corrected chi connectivity index (χ2v) is 4.78. The number of aryl methyl sites for hydroxylation is 2. The first-order valence-electron chi connectivity index (χ1n) is 6.47. The van der Waals surface area contributed by atoms with Gasteiger partial charge >= 0.3 is 0 Å². The third kappa shape index (κ3) is 3.35. The molecule has 1 N–H and O–H groups in total. The van der Waals surface area contributed by atoms with E-state index in [2.05, 4.69) is 35.5 Å². The van der Waals surface area contributed by atoms with Crippen molar-refractivity contribution in [2.75, 3.05) is 7.11 Å². The van der Waals surface area contributed by atoms with Gasteiger partial charge in [0.05, 0.1) is 18.5 Å². The molecule has 19 heavy (non-hydrogen) atoms. The van der Waals surface area contributed by atoms with Gasteiger partial charge in [0, 0.05) is 19.6 Å². The Balaban J connectivity index is 2.00. The molecule has 0 aliphatic heterocycles. The van der Waals surface area contributed by atoms with E-state index in [1.807, 2.05) is 30.8 Å². The Hall–Kier alpha value is -1.81. The Kier molecular flexibility index (Phi) is 4.22. The standard InChI is InChI=1S/C15H21N3O/c1-11-8-14(18(3)17-11)10-16-12(2)13-6-5-7-15(9-13)19-4/h5-9,12,16H,10H2,1-4H3/t12-/m1/s1. The summed E-state index contributed by atoms with van der Waals surface area (Å²) in [5, 5.41) is 7.85. The Labute approximate surface area is 114 Å². The lowest BCUT2D eigenvalue weighted by Crippen LogP contribution is -2.19. The Morgan fingerprint density at radius 3 is 2.79 bits per heavy atom. The van der Waals surface area contributed by atoms with E-state index in [1.54, 1.807) is 7.11 Å². The van der Waals surface area contributed by atoms with Crippen LogP contribution in [0.25, 0.3) is 0 Å². The van der Waals surface area contributed by atoms with Crippen molar-refractivity contribution < 1.29 is 4.74 Å². The lowest BCUT2D eigenvalue weighted by atomic mass is 10.1. The van der Waals surface area contributed by atoms with Crippen LogP contribution in [-0.2, 0) is 13.6 Å². The van der Waals surface area contributed by atoms with Gasteiger partial charge in [0.1, 0.15) is 5.75 Å². The second-order valence-electron chi connectivity index (χ2n) is 4.78. The molecule has 1 atom stereocenters. The fourth-order valence-electron chi connectivity index (χ4n) is 2.12. The van der Waals surface area contributed by atoms with Crippen LogP contribution in [0.2, 0.25) is 0 Å². The van der Waals surface area contributed by atoms with Crippen molar-refractivity contribution in [3.63, 3.8) is 0 Å². The van der Waals surface area contributed by atoms with E-state index in [-0.39, 0.29) is 6.04 Å². The minimum Gasteiger partial charge on any atom is -0.497 e. The van der Waals surface area contributed by atoms with Gasteiger partial charge < -0.3 is 10.1 Å². The van der Waals surface area contributed by atoms with Gasteiger partial charge in [-0.1, -0.05) is 12.1 Å². The molecule has 4 heteroatoms. The molecule has 0 spiro atoms. The SMILES string of the molecule is COc1cccc([C@@H](C)NCc2cc(C)nn2C)c1. The molecule has 0 saturated heterocycles. The van der Waals surface area contributed by atoms with Crippen molar-refractivity contribution in [1.29, 1.82) is 0 Å². The molecule has 1 aromatic carbocycles. The Morgan fingerprint density at radius 1 is 1.37 bits per heavy atom. The maximum absolute atomic E-state index is 5.25. The summed E-state index contributed by atoms with van der Waals surface area (Å²) in [6, 6.07) is 10.5. The van der Waals surface area contributed by atoms with E-state index in [0.29, 0.717) is 0 Å². The molecule has 0 radical (unpaired) electrons.